The Hall–Kier alpha value is 0.604. The molecule has 0 heterocycles. The van der Waals surface area contributed by atoms with Gasteiger partial charge in [-0.3, -0.25) is 0 Å². The monoisotopic (exact) mass is 256 g/mol. The zero-order valence-electron chi connectivity index (χ0n) is 9.72. The molecule has 0 radical (unpaired) electrons. The van der Waals surface area contributed by atoms with Crippen molar-refractivity contribution in [2.45, 2.75) is 32.1 Å². The fourth-order valence-corrected chi connectivity index (χ4v) is 3.25. The lowest BCUT2D eigenvalue weighted by molar-refractivity contribution is 0.255. The molecule has 0 aromatic rings. The predicted octanol–water partition coefficient (Wildman–Crippen LogP) is 2.70. The molecule has 0 aliphatic rings. The van der Waals surface area contributed by atoms with Crippen molar-refractivity contribution >= 4 is 27.3 Å². The van der Waals surface area contributed by atoms with Crippen LogP contribution in [0.5, 0.6) is 0 Å². The van der Waals surface area contributed by atoms with Gasteiger partial charge in [0.15, 0.2) is 8.32 Å². The van der Waals surface area contributed by atoms with Crippen molar-refractivity contribution in [3.63, 3.8) is 0 Å². The standard InChI is InChI=1S/C8H21ClO3Si2/c1-10-14(9,11-2)8-6-7-12-13(3,4)5/h6-8H2,1-5H3. The van der Waals surface area contributed by atoms with E-state index in [1.807, 2.05) is 0 Å². The summed E-state index contributed by atoms with van der Waals surface area (Å²) in [5.74, 6) is 0. The van der Waals surface area contributed by atoms with Gasteiger partial charge in [0.25, 0.3) is 0 Å². The summed E-state index contributed by atoms with van der Waals surface area (Å²) in [6.45, 7) is 7.27. The molecule has 0 aromatic carbocycles. The number of rotatable bonds is 7. The molecule has 0 saturated heterocycles. The Morgan fingerprint density at radius 3 is 1.93 bits per heavy atom. The molecule has 3 nitrogen and oxygen atoms in total. The van der Waals surface area contributed by atoms with Crippen LogP contribution in [0.2, 0.25) is 25.7 Å². The summed E-state index contributed by atoms with van der Waals surface area (Å²) < 4.78 is 16.0. The van der Waals surface area contributed by atoms with E-state index in [1.54, 1.807) is 14.2 Å². The molecular formula is C8H21ClO3Si2. The number of hydrogen-bond acceptors (Lipinski definition) is 3. The van der Waals surface area contributed by atoms with Crippen molar-refractivity contribution in [3.8, 4) is 0 Å². The highest BCUT2D eigenvalue weighted by atomic mass is 35.6. The molecule has 0 unspecified atom stereocenters. The molecule has 0 amide bonds. The maximum Gasteiger partial charge on any atom is 0.442 e. The maximum absolute atomic E-state index is 6.11. The van der Waals surface area contributed by atoms with Crippen LogP contribution >= 0.6 is 11.1 Å². The minimum absolute atomic E-state index is 0.754. The summed E-state index contributed by atoms with van der Waals surface area (Å²) in [5.41, 5.74) is 0. The van der Waals surface area contributed by atoms with Crippen molar-refractivity contribution in [2.75, 3.05) is 20.8 Å². The first-order chi connectivity index (χ1) is 6.33. The molecule has 0 rings (SSSR count). The Labute approximate surface area is 93.8 Å². The third-order valence-electron chi connectivity index (χ3n) is 1.76. The fraction of sp³-hybridized carbons (Fsp3) is 1.00. The van der Waals surface area contributed by atoms with Gasteiger partial charge in [-0.1, -0.05) is 11.1 Å². The summed E-state index contributed by atoms with van der Waals surface area (Å²) >= 11 is 6.11. The highest BCUT2D eigenvalue weighted by Gasteiger charge is 2.32. The van der Waals surface area contributed by atoms with E-state index in [-0.39, 0.29) is 0 Å². The first-order valence-electron chi connectivity index (χ1n) is 4.76. The average molecular weight is 257 g/mol. The van der Waals surface area contributed by atoms with Crippen LogP contribution < -0.4 is 0 Å². The van der Waals surface area contributed by atoms with E-state index in [4.69, 9.17) is 24.4 Å². The van der Waals surface area contributed by atoms with Crippen LogP contribution in [0.3, 0.4) is 0 Å². The topological polar surface area (TPSA) is 27.7 Å². The van der Waals surface area contributed by atoms with Gasteiger partial charge in [0.2, 0.25) is 0 Å². The van der Waals surface area contributed by atoms with Crippen molar-refractivity contribution in [1.29, 1.82) is 0 Å². The average Bonchev–Trinajstić information content (AvgIpc) is 2.11. The zero-order chi connectivity index (χ0) is 11.2. The second-order valence-electron chi connectivity index (χ2n) is 4.13. The molecule has 0 fully saturated rings. The third-order valence-corrected chi connectivity index (χ3v) is 6.50. The first-order valence-corrected chi connectivity index (χ1v) is 11.2. The van der Waals surface area contributed by atoms with E-state index in [0.717, 1.165) is 19.1 Å². The van der Waals surface area contributed by atoms with Gasteiger partial charge in [0, 0.05) is 26.9 Å². The summed E-state index contributed by atoms with van der Waals surface area (Å²) in [7, 11) is -0.571. The van der Waals surface area contributed by atoms with Gasteiger partial charge in [0.05, 0.1) is 0 Å². The van der Waals surface area contributed by atoms with Gasteiger partial charge >= 0.3 is 7.87 Å². The predicted molar refractivity (Wildman–Crippen MR) is 64.3 cm³/mol. The Balaban J connectivity index is 3.63. The highest BCUT2D eigenvalue weighted by molar-refractivity contribution is 7.12. The van der Waals surface area contributed by atoms with Crippen molar-refractivity contribution < 1.29 is 13.3 Å². The van der Waals surface area contributed by atoms with E-state index in [1.165, 1.54) is 0 Å². The number of halogens is 1. The van der Waals surface area contributed by atoms with Crippen molar-refractivity contribution in [1.82, 2.24) is 0 Å². The van der Waals surface area contributed by atoms with E-state index in [2.05, 4.69) is 19.6 Å². The molecule has 14 heavy (non-hydrogen) atoms. The minimum atomic E-state index is -2.39. The van der Waals surface area contributed by atoms with E-state index in [0.29, 0.717) is 0 Å². The Morgan fingerprint density at radius 1 is 1.07 bits per heavy atom. The van der Waals surface area contributed by atoms with Gasteiger partial charge in [-0.05, 0) is 26.1 Å². The van der Waals surface area contributed by atoms with Crippen LogP contribution in [0.4, 0.5) is 0 Å². The van der Waals surface area contributed by atoms with Crippen LogP contribution in [-0.4, -0.2) is 37.0 Å². The first kappa shape index (κ1) is 14.6. The van der Waals surface area contributed by atoms with Crippen molar-refractivity contribution in [2.24, 2.45) is 0 Å². The molecule has 0 aliphatic carbocycles. The molecule has 0 spiro atoms. The summed E-state index contributed by atoms with van der Waals surface area (Å²) in [6.07, 6.45) is 0.904. The van der Waals surface area contributed by atoms with E-state index >= 15 is 0 Å². The van der Waals surface area contributed by atoms with Crippen LogP contribution in [0.15, 0.2) is 0 Å². The Bertz CT molecular complexity index is 157. The van der Waals surface area contributed by atoms with Gasteiger partial charge < -0.3 is 13.3 Å². The zero-order valence-corrected chi connectivity index (χ0v) is 12.5. The maximum atomic E-state index is 6.11. The lowest BCUT2D eigenvalue weighted by Gasteiger charge is -2.21. The van der Waals surface area contributed by atoms with Crippen LogP contribution in [-0.2, 0) is 13.3 Å². The third kappa shape index (κ3) is 6.97. The lowest BCUT2D eigenvalue weighted by Crippen LogP contribution is -2.34. The van der Waals surface area contributed by atoms with Gasteiger partial charge in [-0.15, -0.1) is 0 Å². The normalized spacial score (nSPS) is 13.3. The second-order valence-corrected chi connectivity index (χ2v) is 13.0. The summed E-state index contributed by atoms with van der Waals surface area (Å²) in [5, 5.41) is 0. The molecule has 0 aromatic heterocycles. The molecule has 0 aliphatic heterocycles. The largest absolute Gasteiger partial charge is 0.442 e. The van der Waals surface area contributed by atoms with E-state index < -0.39 is 16.2 Å². The molecule has 0 saturated carbocycles. The molecule has 0 atom stereocenters. The van der Waals surface area contributed by atoms with Crippen LogP contribution in [0, 0.1) is 0 Å². The van der Waals surface area contributed by atoms with Crippen LogP contribution in [0.1, 0.15) is 6.42 Å². The van der Waals surface area contributed by atoms with E-state index in [9.17, 15) is 0 Å². The minimum Gasteiger partial charge on any atom is -0.418 e. The molecule has 0 bridgehead atoms. The molecular weight excluding hydrogens is 236 g/mol. The van der Waals surface area contributed by atoms with Gasteiger partial charge in [-0.2, -0.15) is 0 Å². The Morgan fingerprint density at radius 2 is 1.57 bits per heavy atom. The quantitative estimate of drug-likeness (QED) is 0.398. The lowest BCUT2D eigenvalue weighted by atomic mass is 10.5. The van der Waals surface area contributed by atoms with Gasteiger partial charge in [0.1, 0.15) is 0 Å². The second kappa shape index (κ2) is 6.24. The highest BCUT2D eigenvalue weighted by Crippen LogP contribution is 2.19. The Kier molecular flexibility index (Phi) is 6.51. The van der Waals surface area contributed by atoms with Gasteiger partial charge in [-0.25, -0.2) is 0 Å². The SMILES string of the molecule is CO[Si](Cl)(CCCO[Si](C)(C)C)OC. The smallest absolute Gasteiger partial charge is 0.418 e. The fourth-order valence-electron chi connectivity index (χ4n) is 0.949. The molecule has 0 N–H and O–H groups in total. The molecule has 6 heteroatoms. The summed E-state index contributed by atoms with van der Waals surface area (Å²) in [6, 6.07) is 0.770. The molecule has 86 valence electrons. The van der Waals surface area contributed by atoms with Crippen LogP contribution in [0.25, 0.3) is 0 Å². The van der Waals surface area contributed by atoms with Crippen molar-refractivity contribution in [3.05, 3.63) is 0 Å². The number of hydrogen-bond donors (Lipinski definition) is 0. The summed E-state index contributed by atoms with van der Waals surface area (Å²) in [4.78, 5) is 0.